The molecule has 1 aromatic carbocycles. The van der Waals surface area contributed by atoms with Crippen molar-refractivity contribution in [2.45, 2.75) is 25.1 Å². The van der Waals surface area contributed by atoms with Gasteiger partial charge in [0.2, 0.25) is 12.3 Å². The summed E-state index contributed by atoms with van der Waals surface area (Å²) in [6.45, 7) is 1.04. The van der Waals surface area contributed by atoms with Gasteiger partial charge >= 0.3 is 6.18 Å². The summed E-state index contributed by atoms with van der Waals surface area (Å²) in [6, 6.07) is 9.33. The Morgan fingerprint density at radius 3 is 2.56 bits per heavy atom. The lowest BCUT2D eigenvalue weighted by Crippen LogP contribution is -2.36. The van der Waals surface area contributed by atoms with Crippen LogP contribution in [0.2, 0.25) is 0 Å². The van der Waals surface area contributed by atoms with E-state index in [4.69, 9.17) is 16.2 Å². The van der Waals surface area contributed by atoms with Crippen LogP contribution in [0.15, 0.2) is 42.5 Å². The molecule has 2 aromatic heterocycles. The van der Waals surface area contributed by atoms with Gasteiger partial charge in [-0.1, -0.05) is 6.07 Å². The lowest BCUT2D eigenvalue weighted by Gasteiger charge is -2.30. The van der Waals surface area contributed by atoms with E-state index < -0.39 is 17.8 Å². The molecule has 0 bridgehead atoms. The molecule has 9 nitrogen and oxygen atoms in total. The summed E-state index contributed by atoms with van der Waals surface area (Å²) in [7, 11) is 0. The van der Waals surface area contributed by atoms with Gasteiger partial charge in [0, 0.05) is 24.7 Å². The molecule has 0 spiro atoms. The highest BCUT2D eigenvalue weighted by Gasteiger charge is 2.33. The number of hydrogen-bond donors (Lipinski definition) is 2. The number of rotatable bonds is 6. The van der Waals surface area contributed by atoms with E-state index in [1.165, 1.54) is 28.9 Å². The summed E-state index contributed by atoms with van der Waals surface area (Å²) in [5.41, 5.74) is 11.5. The van der Waals surface area contributed by atoms with Crippen LogP contribution < -0.4 is 16.2 Å². The Morgan fingerprint density at radius 1 is 1.18 bits per heavy atom. The number of amides is 2. The third-order valence-corrected chi connectivity index (χ3v) is 5.48. The number of piperidine rings is 1. The summed E-state index contributed by atoms with van der Waals surface area (Å²) >= 11 is 0. The molecule has 1 fully saturated rings. The Kier molecular flexibility index (Phi) is 6.14. The number of carbonyl (C=O) groups is 2. The molecule has 4 rings (SSSR count). The van der Waals surface area contributed by atoms with Crippen LogP contribution in [-0.4, -0.2) is 45.1 Å². The molecule has 1 aliphatic rings. The zero-order chi connectivity index (χ0) is 24.5. The molecule has 1 saturated heterocycles. The number of halogens is 3. The topological polar surface area (TPSA) is 129 Å². The maximum absolute atomic E-state index is 12.9. The Hall–Kier alpha value is -4.09. The molecule has 0 saturated carbocycles. The number of likely N-dealkylation sites (tertiary alicyclic amines) is 1. The Bertz CT molecular complexity index is 1210. The smallest absolute Gasteiger partial charge is 0.433 e. The molecule has 1 aliphatic heterocycles. The van der Waals surface area contributed by atoms with E-state index in [1.807, 2.05) is 0 Å². The quantitative estimate of drug-likeness (QED) is 0.528. The van der Waals surface area contributed by atoms with Gasteiger partial charge < -0.3 is 21.1 Å². The Labute approximate surface area is 192 Å². The van der Waals surface area contributed by atoms with Gasteiger partial charge in [0.05, 0.1) is 6.04 Å². The van der Waals surface area contributed by atoms with Gasteiger partial charge in [-0.25, -0.2) is 9.67 Å². The highest BCUT2D eigenvalue weighted by Crippen LogP contribution is 2.34. The molecule has 4 N–H and O–H groups in total. The SMILES string of the molecule is NC(=O)c1c(-c2ccc(Oc3cccc(C(F)(F)F)n3)cc2)nn([C@@H]2CCCN(C=O)C2)c1N. The first-order valence-corrected chi connectivity index (χ1v) is 10.4. The van der Waals surface area contributed by atoms with Gasteiger partial charge in [0.25, 0.3) is 5.91 Å². The number of nitrogens with two attached hydrogens (primary N) is 2. The zero-order valence-electron chi connectivity index (χ0n) is 17.8. The fourth-order valence-electron chi connectivity index (χ4n) is 3.88. The molecule has 178 valence electrons. The van der Waals surface area contributed by atoms with E-state index in [1.54, 1.807) is 17.0 Å². The van der Waals surface area contributed by atoms with Gasteiger partial charge in [-0.2, -0.15) is 18.3 Å². The van der Waals surface area contributed by atoms with Crippen molar-refractivity contribution >= 4 is 18.1 Å². The fraction of sp³-hybridized carbons (Fsp3) is 0.273. The molecule has 12 heteroatoms. The first-order chi connectivity index (χ1) is 16.2. The highest BCUT2D eigenvalue weighted by molar-refractivity contribution is 6.03. The summed E-state index contributed by atoms with van der Waals surface area (Å²) < 4.78 is 45.6. The maximum atomic E-state index is 12.9. The molecule has 1 atom stereocenters. The van der Waals surface area contributed by atoms with Crippen LogP contribution in [-0.2, 0) is 11.0 Å². The number of hydrogen-bond acceptors (Lipinski definition) is 6. The van der Waals surface area contributed by atoms with Gasteiger partial charge in [-0.3, -0.25) is 9.59 Å². The van der Waals surface area contributed by atoms with E-state index >= 15 is 0 Å². The molecule has 0 aliphatic carbocycles. The number of ether oxygens (including phenoxy) is 1. The Balaban J connectivity index is 1.61. The van der Waals surface area contributed by atoms with Crippen LogP contribution in [0.4, 0.5) is 19.0 Å². The van der Waals surface area contributed by atoms with Crippen molar-refractivity contribution in [3.8, 4) is 22.9 Å². The molecule has 34 heavy (non-hydrogen) atoms. The second kappa shape index (κ2) is 9.04. The van der Waals surface area contributed by atoms with Crippen LogP contribution in [0.1, 0.15) is 34.9 Å². The number of nitrogens with zero attached hydrogens (tertiary/aromatic N) is 4. The number of benzene rings is 1. The average molecular weight is 474 g/mol. The normalized spacial score (nSPS) is 16.3. The van der Waals surface area contributed by atoms with Crippen LogP contribution in [0, 0.1) is 0 Å². The first kappa shape index (κ1) is 23.1. The third kappa shape index (κ3) is 4.65. The fourth-order valence-corrected chi connectivity index (χ4v) is 3.88. The summed E-state index contributed by atoms with van der Waals surface area (Å²) in [5.74, 6) is -0.632. The minimum absolute atomic E-state index is 0.0523. The lowest BCUT2D eigenvalue weighted by molar-refractivity contribution is -0.141. The molecule has 0 radical (unpaired) electrons. The van der Waals surface area contributed by atoms with Crippen molar-refractivity contribution in [2.75, 3.05) is 18.8 Å². The minimum Gasteiger partial charge on any atom is -0.439 e. The predicted molar refractivity (Wildman–Crippen MR) is 116 cm³/mol. The second-order valence-electron chi connectivity index (χ2n) is 7.80. The number of primary amides is 1. The molecule has 3 heterocycles. The predicted octanol–water partition coefficient (Wildman–Crippen LogP) is 3.23. The first-order valence-electron chi connectivity index (χ1n) is 10.4. The summed E-state index contributed by atoms with van der Waals surface area (Å²) in [4.78, 5) is 28.4. The highest BCUT2D eigenvalue weighted by atomic mass is 19.4. The van der Waals surface area contributed by atoms with E-state index in [0.29, 0.717) is 18.7 Å². The summed E-state index contributed by atoms with van der Waals surface area (Å²) in [6.07, 6.45) is -2.34. The van der Waals surface area contributed by atoms with Gasteiger partial charge in [-0.05, 0) is 43.2 Å². The van der Waals surface area contributed by atoms with Crippen molar-refractivity contribution in [3.05, 3.63) is 53.7 Å². The average Bonchev–Trinajstić information content (AvgIpc) is 3.16. The summed E-state index contributed by atoms with van der Waals surface area (Å²) in [5, 5.41) is 4.52. The molecule has 2 amide bonds. The van der Waals surface area contributed by atoms with Crippen LogP contribution in [0.25, 0.3) is 11.3 Å². The largest absolute Gasteiger partial charge is 0.439 e. The lowest BCUT2D eigenvalue weighted by atomic mass is 10.1. The van der Waals surface area contributed by atoms with Crippen molar-refractivity contribution in [3.63, 3.8) is 0 Å². The van der Waals surface area contributed by atoms with Crippen molar-refractivity contribution in [1.29, 1.82) is 0 Å². The van der Waals surface area contributed by atoms with Crippen LogP contribution in [0.3, 0.4) is 0 Å². The second-order valence-corrected chi connectivity index (χ2v) is 7.80. The van der Waals surface area contributed by atoms with Crippen molar-refractivity contribution in [1.82, 2.24) is 19.7 Å². The number of nitrogen functional groups attached to an aromatic ring is 1. The molecule has 3 aromatic rings. The number of pyridine rings is 1. The standard InChI is InChI=1S/C22H21F3N6O3/c23-22(24,25)16-4-1-5-17(28-16)34-15-8-6-13(7-9-15)19-18(21(27)33)20(26)31(29-19)14-3-2-10-30(11-14)12-32/h1,4-9,12,14H,2-3,10-11,26H2,(H2,27,33)/t14-/m1/s1. The van der Waals surface area contributed by atoms with Crippen molar-refractivity contribution < 1.29 is 27.5 Å². The zero-order valence-corrected chi connectivity index (χ0v) is 17.8. The van der Waals surface area contributed by atoms with Crippen LogP contribution >= 0.6 is 0 Å². The van der Waals surface area contributed by atoms with Crippen LogP contribution in [0.5, 0.6) is 11.6 Å². The number of anilines is 1. The number of carbonyl (C=O) groups excluding carboxylic acids is 2. The monoisotopic (exact) mass is 474 g/mol. The molecular weight excluding hydrogens is 453 g/mol. The third-order valence-electron chi connectivity index (χ3n) is 5.48. The van der Waals surface area contributed by atoms with Gasteiger partial charge in [0.1, 0.15) is 28.5 Å². The Morgan fingerprint density at radius 2 is 1.91 bits per heavy atom. The number of alkyl halides is 3. The van der Waals surface area contributed by atoms with E-state index in [9.17, 15) is 22.8 Å². The van der Waals surface area contributed by atoms with Gasteiger partial charge in [-0.15, -0.1) is 0 Å². The van der Waals surface area contributed by atoms with Crippen molar-refractivity contribution in [2.24, 2.45) is 5.73 Å². The maximum Gasteiger partial charge on any atom is 0.433 e. The minimum atomic E-state index is -4.59. The number of aromatic nitrogens is 3. The molecule has 0 unspecified atom stereocenters. The van der Waals surface area contributed by atoms with E-state index in [0.717, 1.165) is 25.3 Å². The molecular formula is C22H21F3N6O3. The van der Waals surface area contributed by atoms with Gasteiger partial charge in [0.15, 0.2) is 0 Å². The van der Waals surface area contributed by atoms with E-state index in [-0.39, 0.29) is 34.7 Å². The van der Waals surface area contributed by atoms with E-state index in [2.05, 4.69) is 10.1 Å².